The topological polar surface area (TPSA) is 27.7 Å². The van der Waals surface area contributed by atoms with Crippen molar-refractivity contribution < 1.29 is 14.2 Å². The van der Waals surface area contributed by atoms with E-state index in [4.69, 9.17) is 14.2 Å². The summed E-state index contributed by atoms with van der Waals surface area (Å²) < 4.78 is 17.7. The standard InChI is InChI=1S/C14H14Br2O3S/c1-17-11-5-9(7-15)6-12(18-2)14(11)19-8-10-3-4-13(16)20-10/h3-6H,7-8H2,1-2H3. The van der Waals surface area contributed by atoms with Gasteiger partial charge in [0.05, 0.1) is 18.0 Å². The van der Waals surface area contributed by atoms with Crippen molar-refractivity contribution in [3.8, 4) is 17.2 Å². The van der Waals surface area contributed by atoms with Gasteiger partial charge in [0.2, 0.25) is 5.75 Å². The molecule has 0 aliphatic carbocycles. The highest BCUT2D eigenvalue weighted by Crippen LogP contribution is 2.39. The molecule has 1 aromatic carbocycles. The van der Waals surface area contributed by atoms with Crippen LogP contribution in [0, 0.1) is 0 Å². The zero-order chi connectivity index (χ0) is 14.5. The Morgan fingerprint density at radius 2 is 1.75 bits per heavy atom. The van der Waals surface area contributed by atoms with Crippen LogP contribution in [-0.2, 0) is 11.9 Å². The Morgan fingerprint density at radius 3 is 2.20 bits per heavy atom. The van der Waals surface area contributed by atoms with Gasteiger partial charge in [-0.1, -0.05) is 15.9 Å². The molecule has 0 N–H and O–H groups in total. The first-order valence-corrected chi connectivity index (χ1v) is 8.59. The summed E-state index contributed by atoms with van der Waals surface area (Å²) in [6.07, 6.45) is 0. The zero-order valence-electron chi connectivity index (χ0n) is 11.1. The SMILES string of the molecule is COc1cc(CBr)cc(OC)c1OCc1ccc(Br)s1. The van der Waals surface area contributed by atoms with E-state index in [9.17, 15) is 0 Å². The van der Waals surface area contributed by atoms with Crippen LogP contribution in [0.25, 0.3) is 0 Å². The van der Waals surface area contributed by atoms with E-state index in [-0.39, 0.29) is 0 Å². The quantitative estimate of drug-likeness (QED) is 0.614. The Kier molecular flexibility index (Phi) is 5.74. The summed E-state index contributed by atoms with van der Waals surface area (Å²) in [5, 5.41) is 0.734. The van der Waals surface area contributed by atoms with Gasteiger partial charge in [-0.15, -0.1) is 11.3 Å². The number of alkyl halides is 1. The van der Waals surface area contributed by atoms with E-state index in [1.807, 2.05) is 24.3 Å². The number of hydrogen-bond acceptors (Lipinski definition) is 4. The molecule has 0 amide bonds. The van der Waals surface area contributed by atoms with Gasteiger partial charge in [0.1, 0.15) is 6.61 Å². The van der Waals surface area contributed by atoms with Crippen molar-refractivity contribution in [3.63, 3.8) is 0 Å². The second kappa shape index (κ2) is 7.33. The molecule has 2 aromatic rings. The second-order valence-corrected chi connectivity index (χ2v) is 7.07. The molecular formula is C14H14Br2O3S. The zero-order valence-corrected chi connectivity index (χ0v) is 15.1. The lowest BCUT2D eigenvalue weighted by molar-refractivity contribution is 0.268. The molecular weight excluding hydrogens is 408 g/mol. The summed E-state index contributed by atoms with van der Waals surface area (Å²) in [6.45, 7) is 0.483. The average molecular weight is 422 g/mol. The monoisotopic (exact) mass is 420 g/mol. The van der Waals surface area contributed by atoms with Crippen LogP contribution in [0.2, 0.25) is 0 Å². The largest absolute Gasteiger partial charge is 0.493 e. The number of ether oxygens (including phenoxy) is 3. The first-order chi connectivity index (χ1) is 9.67. The molecule has 3 nitrogen and oxygen atoms in total. The van der Waals surface area contributed by atoms with Crippen molar-refractivity contribution in [3.05, 3.63) is 38.5 Å². The third-order valence-corrected chi connectivity index (χ3v) is 4.91. The van der Waals surface area contributed by atoms with Crippen molar-refractivity contribution in [2.24, 2.45) is 0 Å². The summed E-state index contributed by atoms with van der Waals surface area (Å²) in [4.78, 5) is 1.13. The molecule has 0 bridgehead atoms. The van der Waals surface area contributed by atoms with Crippen LogP contribution in [-0.4, -0.2) is 14.2 Å². The molecule has 2 rings (SSSR count). The van der Waals surface area contributed by atoms with Gasteiger partial charge in [0.25, 0.3) is 0 Å². The summed E-state index contributed by atoms with van der Waals surface area (Å²) in [5.41, 5.74) is 1.07. The Balaban J connectivity index is 2.24. The van der Waals surface area contributed by atoms with E-state index in [2.05, 4.69) is 31.9 Å². The normalized spacial score (nSPS) is 10.4. The van der Waals surface area contributed by atoms with Crippen LogP contribution < -0.4 is 14.2 Å². The fourth-order valence-electron chi connectivity index (χ4n) is 1.73. The van der Waals surface area contributed by atoms with Crippen molar-refractivity contribution in [2.75, 3.05) is 14.2 Å². The molecule has 108 valence electrons. The fraction of sp³-hybridized carbons (Fsp3) is 0.286. The highest BCUT2D eigenvalue weighted by atomic mass is 79.9. The predicted molar refractivity (Wildman–Crippen MR) is 88.5 cm³/mol. The number of halogens is 2. The molecule has 0 saturated heterocycles. The van der Waals surface area contributed by atoms with Gasteiger partial charge >= 0.3 is 0 Å². The molecule has 0 spiro atoms. The molecule has 0 saturated carbocycles. The van der Waals surface area contributed by atoms with Gasteiger partial charge in [0.15, 0.2) is 11.5 Å². The van der Waals surface area contributed by atoms with Crippen LogP contribution in [0.5, 0.6) is 17.2 Å². The van der Waals surface area contributed by atoms with E-state index in [1.54, 1.807) is 25.6 Å². The van der Waals surface area contributed by atoms with E-state index in [0.717, 1.165) is 19.6 Å². The maximum absolute atomic E-state index is 5.87. The molecule has 0 fully saturated rings. The van der Waals surface area contributed by atoms with Crippen molar-refractivity contribution in [1.82, 2.24) is 0 Å². The fourth-order valence-corrected chi connectivity index (χ4v) is 3.45. The molecule has 6 heteroatoms. The van der Waals surface area contributed by atoms with Gasteiger partial charge < -0.3 is 14.2 Å². The van der Waals surface area contributed by atoms with Crippen LogP contribution in [0.15, 0.2) is 28.1 Å². The molecule has 0 aliphatic rings. The summed E-state index contributed by atoms with van der Waals surface area (Å²) >= 11 is 8.52. The van der Waals surface area contributed by atoms with Crippen LogP contribution in [0.1, 0.15) is 10.4 Å². The van der Waals surface area contributed by atoms with Crippen molar-refractivity contribution in [1.29, 1.82) is 0 Å². The lowest BCUT2D eigenvalue weighted by Gasteiger charge is -2.15. The third-order valence-electron chi connectivity index (χ3n) is 2.66. The number of rotatable bonds is 6. The van der Waals surface area contributed by atoms with Crippen LogP contribution in [0.4, 0.5) is 0 Å². The molecule has 0 atom stereocenters. The Labute approximate surface area is 139 Å². The van der Waals surface area contributed by atoms with E-state index >= 15 is 0 Å². The summed E-state index contributed by atoms with van der Waals surface area (Å²) in [5.74, 6) is 1.98. The minimum atomic E-state index is 0.483. The highest BCUT2D eigenvalue weighted by Gasteiger charge is 2.14. The first-order valence-electron chi connectivity index (χ1n) is 5.85. The minimum Gasteiger partial charge on any atom is -0.493 e. The van der Waals surface area contributed by atoms with Gasteiger partial charge in [-0.2, -0.15) is 0 Å². The van der Waals surface area contributed by atoms with E-state index < -0.39 is 0 Å². The molecule has 20 heavy (non-hydrogen) atoms. The number of thiophene rings is 1. The Bertz CT molecular complexity index is 559. The lowest BCUT2D eigenvalue weighted by Crippen LogP contribution is -2.00. The number of hydrogen-bond donors (Lipinski definition) is 0. The smallest absolute Gasteiger partial charge is 0.203 e. The first kappa shape index (κ1) is 15.7. The maximum Gasteiger partial charge on any atom is 0.203 e. The highest BCUT2D eigenvalue weighted by molar-refractivity contribution is 9.11. The van der Waals surface area contributed by atoms with E-state index in [0.29, 0.717) is 23.9 Å². The van der Waals surface area contributed by atoms with Gasteiger partial charge in [0, 0.05) is 10.2 Å². The Morgan fingerprint density at radius 1 is 1.10 bits per heavy atom. The lowest BCUT2D eigenvalue weighted by atomic mass is 10.2. The number of benzene rings is 1. The van der Waals surface area contributed by atoms with Gasteiger partial charge in [-0.05, 0) is 45.8 Å². The number of methoxy groups -OCH3 is 2. The second-order valence-electron chi connectivity index (χ2n) is 3.96. The van der Waals surface area contributed by atoms with E-state index in [1.165, 1.54) is 0 Å². The van der Waals surface area contributed by atoms with Crippen molar-refractivity contribution >= 4 is 43.2 Å². The minimum absolute atomic E-state index is 0.483. The van der Waals surface area contributed by atoms with Gasteiger partial charge in [-0.25, -0.2) is 0 Å². The molecule has 0 radical (unpaired) electrons. The Hall–Kier alpha value is -0.720. The van der Waals surface area contributed by atoms with Gasteiger partial charge in [-0.3, -0.25) is 0 Å². The third kappa shape index (κ3) is 3.68. The predicted octanol–water partition coefficient (Wildman–Crippen LogP) is 5.00. The van der Waals surface area contributed by atoms with Crippen LogP contribution >= 0.6 is 43.2 Å². The average Bonchev–Trinajstić information content (AvgIpc) is 2.89. The molecule has 1 heterocycles. The molecule has 0 unspecified atom stereocenters. The molecule has 1 aromatic heterocycles. The summed E-state index contributed by atoms with van der Waals surface area (Å²) in [6, 6.07) is 7.92. The maximum atomic E-state index is 5.87. The summed E-state index contributed by atoms with van der Waals surface area (Å²) in [7, 11) is 3.25. The van der Waals surface area contributed by atoms with Crippen molar-refractivity contribution in [2.45, 2.75) is 11.9 Å². The van der Waals surface area contributed by atoms with Crippen LogP contribution in [0.3, 0.4) is 0 Å². The molecule has 0 aliphatic heterocycles.